The number of hydrogen-bond donors (Lipinski definition) is 2. The van der Waals surface area contributed by atoms with Gasteiger partial charge in [0.1, 0.15) is 17.5 Å². The maximum absolute atomic E-state index is 5.99. The number of rotatable bonds is 6. The number of nitrogens with zero attached hydrogens (tertiary/aromatic N) is 3. The van der Waals surface area contributed by atoms with Crippen LogP contribution in [0, 0.1) is 13.8 Å². The number of fused-ring (bicyclic) bond motifs is 1. The molecule has 0 radical (unpaired) electrons. The van der Waals surface area contributed by atoms with E-state index in [4.69, 9.17) is 4.74 Å². The summed E-state index contributed by atoms with van der Waals surface area (Å²) in [4.78, 5) is 8.91. The number of guanidine groups is 1. The fourth-order valence-corrected chi connectivity index (χ4v) is 2.87. The molecule has 0 bridgehead atoms. The highest BCUT2D eigenvalue weighted by molar-refractivity contribution is 14.0. The second-order valence-corrected chi connectivity index (χ2v) is 6.63. The highest BCUT2D eigenvalue weighted by Gasteiger charge is 2.08. The van der Waals surface area contributed by atoms with E-state index >= 15 is 0 Å². The summed E-state index contributed by atoms with van der Waals surface area (Å²) in [5.74, 6) is 1.64. The van der Waals surface area contributed by atoms with Crippen LogP contribution in [0.15, 0.2) is 53.7 Å². The van der Waals surface area contributed by atoms with Crippen LogP contribution in [0.4, 0.5) is 0 Å². The Bertz CT molecular complexity index is 937. The number of imidazole rings is 1. The predicted molar refractivity (Wildman–Crippen MR) is 125 cm³/mol. The molecule has 2 N–H and O–H groups in total. The first kappa shape index (κ1) is 22.0. The van der Waals surface area contributed by atoms with E-state index < -0.39 is 0 Å². The predicted octanol–water partition coefficient (Wildman–Crippen LogP) is 3.70. The van der Waals surface area contributed by atoms with Gasteiger partial charge in [-0.3, -0.25) is 4.99 Å². The number of benzene rings is 1. The first-order chi connectivity index (χ1) is 13.1. The Morgan fingerprint density at radius 3 is 2.64 bits per heavy atom. The zero-order valence-electron chi connectivity index (χ0n) is 16.8. The molecule has 0 amide bonds. The first-order valence-corrected chi connectivity index (χ1v) is 9.17. The molecule has 2 aromatic heterocycles. The lowest BCUT2D eigenvalue weighted by molar-refractivity contribution is 0.222. The van der Waals surface area contributed by atoms with Gasteiger partial charge in [-0.2, -0.15) is 0 Å². The molecule has 1 unspecified atom stereocenters. The SMILES string of the molecule is CN=C(NCc1cn2c(C)cccc2n1)NCC(C)Oc1ccccc1C.I. The van der Waals surface area contributed by atoms with Gasteiger partial charge in [-0.25, -0.2) is 4.98 Å². The van der Waals surface area contributed by atoms with Crippen molar-refractivity contribution in [3.63, 3.8) is 0 Å². The monoisotopic (exact) mass is 493 g/mol. The number of pyridine rings is 1. The topological polar surface area (TPSA) is 63.0 Å². The van der Waals surface area contributed by atoms with Crippen molar-refractivity contribution < 1.29 is 4.74 Å². The number of nitrogens with one attached hydrogen (secondary N) is 2. The molecular weight excluding hydrogens is 465 g/mol. The van der Waals surface area contributed by atoms with Crippen LogP contribution in [0.2, 0.25) is 0 Å². The second-order valence-electron chi connectivity index (χ2n) is 6.63. The van der Waals surface area contributed by atoms with Crippen LogP contribution in [-0.4, -0.2) is 35.0 Å². The van der Waals surface area contributed by atoms with Gasteiger partial charge in [0.2, 0.25) is 0 Å². The standard InChI is InChI=1S/C21H27N5O.HI/c1-15-8-5-6-10-19(15)27-17(3)12-23-21(22-4)24-13-18-14-26-16(2)9-7-11-20(26)25-18;/h5-11,14,17H,12-13H2,1-4H3,(H2,22,23,24);1H. The normalized spacial score (nSPS) is 12.4. The molecule has 3 aromatic rings. The zero-order chi connectivity index (χ0) is 19.2. The number of para-hydroxylation sites is 1. The number of hydrogen-bond acceptors (Lipinski definition) is 3. The molecule has 2 heterocycles. The Hall–Kier alpha value is -2.29. The van der Waals surface area contributed by atoms with Crippen LogP contribution in [0.5, 0.6) is 5.75 Å². The van der Waals surface area contributed by atoms with Crippen LogP contribution in [-0.2, 0) is 6.54 Å². The Kier molecular flexibility index (Phi) is 8.10. The van der Waals surface area contributed by atoms with E-state index in [0.29, 0.717) is 13.1 Å². The summed E-state index contributed by atoms with van der Waals surface area (Å²) < 4.78 is 8.08. The quantitative estimate of drug-likeness (QED) is 0.313. The Morgan fingerprint density at radius 1 is 1.14 bits per heavy atom. The molecule has 1 atom stereocenters. The zero-order valence-corrected chi connectivity index (χ0v) is 19.1. The van der Waals surface area contributed by atoms with Crippen LogP contribution in [0.25, 0.3) is 5.65 Å². The minimum Gasteiger partial charge on any atom is -0.489 e. The maximum Gasteiger partial charge on any atom is 0.191 e. The molecule has 0 aliphatic rings. The van der Waals surface area contributed by atoms with Gasteiger partial charge in [-0.1, -0.05) is 24.3 Å². The average Bonchev–Trinajstić information content (AvgIpc) is 3.08. The van der Waals surface area contributed by atoms with Gasteiger partial charge >= 0.3 is 0 Å². The number of aromatic nitrogens is 2. The van der Waals surface area contributed by atoms with Crippen molar-refractivity contribution in [3.8, 4) is 5.75 Å². The molecule has 0 saturated carbocycles. The van der Waals surface area contributed by atoms with E-state index in [0.717, 1.165) is 34.3 Å². The minimum atomic E-state index is 0. The van der Waals surface area contributed by atoms with Crippen LogP contribution in [0.1, 0.15) is 23.9 Å². The molecule has 0 fully saturated rings. The summed E-state index contributed by atoms with van der Waals surface area (Å²) >= 11 is 0. The second kappa shape index (κ2) is 10.3. The van der Waals surface area contributed by atoms with Crippen LogP contribution in [0.3, 0.4) is 0 Å². The Balaban J connectivity index is 0.00000280. The minimum absolute atomic E-state index is 0. The highest BCUT2D eigenvalue weighted by Crippen LogP contribution is 2.17. The molecule has 0 spiro atoms. The molecule has 0 aliphatic carbocycles. The van der Waals surface area contributed by atoms with E-state index in [1.54, 1.807) is 7.05 Å². The van der Waals surface area contributed by atoms with E-state index in [1.165, 1.54) is 0 Å². The third-order valence-corrected chi connectivity index (χ3v) is 4.39. The number of halogens is 1. The van der Waals surface area contributed by atoms with Gasteiger partial charge in [0.25, 0.3) is 0 Å². The lowest BCUT2D eigenvalue weighted by Gasteiger charge is -2.18. The van der Waals surface area contributed by atoms with Gasteiger partial charge in [-0.05, 0) is 44.5 Å². The van der Waals surface area contributed by atoms with E-state index in [1.807, 2.05) is 50.2 Å². The summed E-state index contributed by atoms with van der Waals surface area (Å²) in [7, 11) is 1.76. The lowest BCUT2D eigenvalue weighted by atomic mass is 10.2. The molecule has 0 saturated heterocycles. The summed E-state index contributed by atoms with van der Waals surface area (Å²) in [6.07, 6.45) is 2.07. The highest BCUT2D eigenvalue weighted by atomic mass is 127. The molecule has 3 rings (SSSR count). The van der Waals surface area contributed by atoms with Gasteiger partial charge < -0.3 is 19.8 Å². The number of aliphatic imine (C=N–C) groups is 1. The molecular formula is C21H28IN5O. The van der Waals surface area contributed by atoms with Gasteiger partial charge in [-0.15, -0.1) is 24.0 Å². The summed E-state index contributed by atoms with van der Waals surface area (Å²) in [6.45, 7) is 7.42. The molecule has 7 heteroatoms. The van der Waals surface area contributed by atoms with Crippen LogP contribution >= 0.6 is 24.0 Å². The van der Waals surface area contributed by atoms with Crippen molar-refractivity contribution in [2.24, 2.45) is 4.99 Å². The van der Waals surface area contributed by atoms with Gasteiger partial charge in [0, 0.05) is 18.9 Å². The van der Waals surface area contributed by atoms with Crippen molar-refractivity contribution in [1.29, 1.82) is 0 Å². The fraction of sp³-hybridized carbons (Fsp3) is 0.333. The summed E-state index contributed by atoms with van der Waals surface area (Å²) in [5, 5.41) is 6.61. The van der Waals surface area contributed by atoms with Crippen LogP contribution < -0.4 is 15.4 Å². The smallest absolute Gasteiger partial charge is 0.191 e. The fourth-order valence-electron chi connectivity index (χ4n) is 2.87. The Labute approximate surface area is 183 Å². The maximum atomic E-state index is 5.99. The van der Waals surface area contributed by atoms with E-state index in [2.05, 4.69) is 44.2 Å². The van der Waals surface area contributed by atoms with E-state index in [9.17, 15) is 0 Å². The molecule has 28 heavy (non-hydrogen) atoms. The molecule has 0 aliphatic heterocycles. The van der Waals surface area contributed by atoms with E-state index in [-0.39, 0.29) is 30.1 Å². The van der Waals surface area contributed by atoms with Crippen molar-refractivity contribution in [1.82, 2.24) is 20.0 Å². The number of aryl methyl sites for hydroxylation is 2. The number of ether oxygens (including phenoxy) is 1. The first-order valence-electron chi connectivity index (χ1n) is 9.17. The van der Waals surface area contributed by atoms with Crippen molar-refractivity contribution in [2.75, 3.05) is 13.6 Å². The van der Waals surface area contributed by atoms with Gasteiger partial charge in [0.15, 0.2) is 5.96 Å². The largest absolute Gasteiger partial charge is 0.489 e. The average molecular weight is 493 g/mol. The Morgan fingerprint density at radius 2 is 1.93 bits per heavy atom. The van der Waals surface area contributed by atoms with Crippen molar-refractivity contribution >= 4 is 35.6 Å². The molecule has 1 aromatic carbocycles. The third kappa shape index (κ3) is 5.60. The van der Waals surface area contributed by atoms with Crippen molar-refractivity contribution in [2.45, 2.75) is 33.4 Å². The van der Waals surface area contributed by atoms with Gasteiger partial charge in [0.05, 0.1) is 18.8 Å². The summed E-state index contributed by atoms with van der Waals surface area (Å²) in [6, 6.07) is 14.1. The van der Waals surface area contributed by atoms with Crippen molar-refractivity contribution in [3.05, 3.63) is 65.6 Å². The lowest BCUT2D eigenvalue weighted by Crippen LogP contribution is -2.41. The summed E-state index contributed by atoms with van der Waals surface area (Å²) in [5.41, 5.74) is 4.22. The third-order valence-electron chi connectivity index (χ3n) is 4.39. The molecule has 6 nitrogen and oxygen atoms in total. The molecule has 150 valence electrons.